The van der Waals surface area contributed by atoms with Crippen LogP contribution >= 0.6 is 0 Å². The molecule has 0 saturated carbocycles. The highest BCUT2D eigenvalue weighted by molar-refractivity contribution is 6.07. The van der Waals surface area contributed by atoms with Crippen LogP contribution in [0.3, 0.4) is 0 Å². The zero-order chi connectivity index (χ0) is 12.6. The van der Waals surface area contributed by atoms with E-state index in [2.05, 4.69) is 0 Å². The van der Waals surface area contributed by atoms with Crippen molar-refractivity contribution in [2.45, 2.75) is 18.8 Å². The van der Waals surface area contributed by atoms with Crippen LogP contribution in [-0.2, 0) is 10.2 Å². The first-order valence-corrected chi connectivity index (χ1v) is 5.57. The van der Waals surface area contributed by atoms with Crippen LogP contribution in [0.2, 0.25) is 0 Å². The highest BCUT2D eigenvalue weighted by atomic mass is 19.1. The van der Waals surface area contributed by atoms with E-state index in [1.807, 2.05) is 18.2 Å². The van der Waals surface area contributed by atoms with Crippen LogP contribution in [0.4, 0.5) is 10.1 Å². The van der Waals surface area contributed by atoms with Crippen molar-refractivity contribution in [3.8, 4) is 5.75 Å². The molecule has 2 rings (SSSR count). The topological polar surface area (TPSA) is 29.5 Å². The summed E-state index contributed by atoms with van der Waals surface area (Å²) in [7, 11) is 3.30. The molecule has 1 unspecified atom stereocenters. The standard InChI is InChI=1S/C13H16FNO2/c1-13(6-7-14)10-8-9(17-3)4-5-11(10)15(2)12(13)16/h4-5,8H,6-7H2,1-3H3. The summed E-state index contributed by atoms with van der Waals surface area (Å²) in [6.45, 7) is 1.28. The number of fused-ring (bicyclic) bond motifs is 1. The van der Waals surface area contributed by atoms with Gasteiger partial charge in [-0.1, -0.05) is 0 Å². The van der Waals surface area contributed by atoms with Crippen molar-refractivity contribution in [1.29, 1.82) is 0 Å². The number of carbonyl (C=O) groups is 1. The van der Waals surface area contributed by atoms with Crippen molar-refractivity contribution in [2.75, 3.05) is 25.7 Å². The summed E-state index contributed by atoms with van der Waals surface area (Å²) in [5.41, 5.74) is 0.918. The van der Waals surface area contributed by atoms with E-state index in [4.69, 9.17) is 4.74 Å². The van der Waals surface area contributed by atoms with E-state index in [1.54, 1.807) is 26.0 Å². The first-order valence-electron chi connectivity index (χ1n) is 5.57. The highest BCUT2D eigenvalue weighted by Crippen LogP contribution is 2.44. The van der Waals surface area contributed by atoms with Gasteiger partial charge in [-0.05, 0) is 37.1 Å². The third kappa shape index (κ3) is 1.59. The molecule has 3 nitrogen and oxygen atoms in total. The number of halogens is 1. The summed E-state index contributed by atoms with van der Waals surface area (Å²) in [6, 6.07) is 5.48. The molecule has 1 aliphatic rings. The predicted molar refractivity (Wildman–Crippen MR) is 64.3 cm³/mol. The summed E-state index contributed by atoms with van der Waals surface area (Å²) in [6.07, 6.45) is 0.205. The minimum atomic E-state index is -0.770. The van der Waals surface area contributed by atoms with Gasteiger partial charge >= 0.3 is 0 Å². The summed E-state index contributed by atoms with van der Waals surface area (Å²) in [4.78, 5) is 13.8. The number of ether oxygens (including phenoxy) is 1. The quantitative estimate of drug-likeness (QED) is 0.807. The van der Waals surface area contributed by atoms with Crippen LogP contribution in [0.5, 0.6) is 5.75 Å². The van der Waals surface area contributed by atoms with Gasteiger partial charge in [-0.3, -0.25) is 9.18 Å². The number of carbonyl (C=O) groups excluding carboxylic acids is 1. The Morgan fingerprint density at radius 1 is 1.47 bits per heavy atom. The molecule has 0 radical (unpaired) electrons. The lowest BCUT2D eigenvalue weighted by Crippen LogP contribution is -2.36. The molecule has 92 valence electrons. The lowest BCUT2D eigenvalue weighted by Gasteiger charge is -2.21. The normalized spacial score (nSPS) is 22.8. The smallest absolute Gasteiger partial charge is 0.237 e. The number of likely N-dealkylation sites (N-methyl/N-ethyl adjacent to an activating group) is 1. The van der Waals surface area contributed by atoms with Crippen LogP contribution in [0.1, 0.15) is 18.9 Å². The lowest BCUT2D eigenvalue weighted by molar-refractivity contribution is -0.122. The average Bonchev–Trinajstić information content (AvgIpc) is 2.52. The number of hydrogen-bond donors (Lipinski definition) is 0. The zero-order valence-electron chi connectivity index (χ0n) is 10.3. The van der Waals surface area contributed by atoms with Gasteiger partial charge in [0.25, 0.3) is 0 Å². The van der Waals surface area contributed by atoms with E-state index in [-0.39, 0.29) is 12.3 Å². The second-order valence-electron chi connectivity index (χ2n) is 4.52. The summed E-state index contributed by atoms with van der Waals surface area (Å²) in [5, 5.41) is 0. The molecule has 1 aromatic rings. The third-order valence-corrected chi connectivity index (χ3v) is 3.53. The molecule has 1 amide bonds. The zero-order valence-corrected chi connectivity index (χ0v) is 10.3. The molecule has 0 N–H and O–H groups in total. The maximum Gasteiger partial charge on any atom is 0.237 e. The van der Waals surface area contributed by atoms with Crippen molar-refractivity contribution in [3.63, 3.8) is 0 Å². The summed E-state index contributed by atoms with van der Waals surface area (Å²) < 4.78 is 17.8. The predicted octanol–water partition coefficient (Wildman–Crippen LogP) is 2.29. The molecule has 1 heterocycles. The molecule has 1 atom stereocenters. The second kappa shape index (κ2) is 4.02. The van der Waals surface area contributed by atoms with Crippen LogP contribution in [0.25, 0.3) is 0 Å². The van der Waals surface area contributed by atoms with E-state index in [0.717, 1.165) is 11.3 Å². The number of hydrogen-bond acceptors (Lipinski definition) is 2. The maximum atomic E-state index is 12.7. The number of benzene rings is 1. The fourth-order valence-electron chi connectivity index (χ4n) is 2.40. The number of alkyl halides is 1. The van der Waals surface area contributed by atoms with Gasteiger partial charge in [0.1, 0.15) is 5.75 Å². The second-order valence-corrected chi connectivity index (χ2v) is 4.52. The van der Waals surface area contributed by atoms with Crippen molar-refractivity contribution < 1.29 is 13.9 Å². The third-order valence-electron chi connectivity index (χ3n) is 3.53. The van der Waals surface area contributed by atoms with Gasteiger partial charge < -0.3 is 9.64 Å². The van der Waals surface area contributed by atoms with Gasteiger partial charge in [-0.2, -0.15) is 0 Å². The molecule has 1 aliphatic heterocycles. The van der Waals surface area contributed by atoms with Crippen LogP contribution in [0, 0.1) is 0 Å². The Balaban J connectivity index is 2.57. The van der Waals surface area contributed by atoms with E-state index in [9.17, 15) is 9.18 Å². The molecule has 0 aliphatic carbocycles. The minimum Gasteiger partial charge on any atom is -0.497 e. The molecule has 0 saturated heterocycles. The largest absolute Gasteiger partial charge is 0.497 e. The molecule has 0 bridgehead atoms. The Kier molecular flexibility index (Phi) is 2.81. The van der Waals surface area contributed by atoms with E-state index >= 15 is 0 Å². The molecular formula is C13H16FNO2. The fraction of sp³-hybridized carbons (Fsp3) is 0.462. The fourth-order valence-corrected chi connectivity index (χ4v) is 2.40. The molecular weight excluding hydrogens is 221 g/mol. The van der Waals surface area contributed by atoms with Gasteiger partial charge in [-0.25, -0.2) is 0 Å². The Hall–Kier alpha value is -1.58. The van der Waals surface area contributed by atoms with Crippen LogP contribution in [-0.4, -0.2) is 26.7 Å². The maximum absolute atomic E-state index is 12.7. The van der Waals surface area contributed by atoms with Gasteiger partial charge in [-0.15, -0.1) is 0 Å². The summed E-state index contributed by atoms with van der Waals surface area (Å²) >= 11 is 0. The van der Waals surface area contributed by atoms with Gasteiger partial charge in [0, 0.05) is 12.7 Å². The molecule has 17 heavy (non-hydrogen) atoms. The molecule has 0 fully saturated rings. The van der Waals surface area contributed by atoms with Gasteiger partial charge in [0.15, 0.2) is 0 Å². The molecule has 1 aromatic carbocycles. The first kappa shape index (κ1) is 11.9. The number of anilines is 1. The van der Waals surface area contributed by atoms with E-state index < -0.39 is 12.1 Å². The molecule has 4 heteroatoms. The van der Waals surface area contributed by atoms with Crippen molar-refractivity contribution in [2.24, 2.45) is 0 Å². The number of nitrogens with zero attached hydrogens (tertiary/aromatic N) is 1. The highest BCUT2D eigenvalue weighted by Gasteiger charge is 2.45. The Morgan fingerprint density at radius 3 is 2.76 bits per heavy atom. The SMILES string of the molecule is COc1ccc2c(c1)C(C)(CCF)C(=O)N2C. The van der Waals surface area contributed by atoms with Crippen LogP contribution < -0.4 is 9.64 Å². The Morgan fingerprint density at radius 2 is 2.18 bits per heavy atom. The summed E-state index contributed by atoms with van der Waals surface area (Å²) in [5.74, 6) is 0.635. The monoisotopic (exact) mass is 237 g/mol. The van der Waals surface area contributed by atoms with Crippen molar-refractivity contribution >= 4 is 11.6 Å². The minimum absolute atomic E-state index is 0.0570. The molecule has 0 spiro atoms. The molecule has 0 aromatic heterocycles. The lowest BCUT2D eigenvalue weighted by atomic mass is 9.81. The van der Waals surface area contributed by atoms with E-state index in [1.165, 1.54) is 0 Å². The van der Waals surface area contributed by atoms with Gasteiger partial charge in [0.2, 0.25) is 5.91 Å². The van der Waals surface area contributed by atoms with Crippen LogP contribution in [0.15, 0.2) is 18.2 Å². The Labute approximate surface area is 100 Å². The average molecular weight is 237 g/mol. The number of rotatable bonds is 3. The van der Waals surface area contributed by atoms with Crippen molar-refractivity contribution in [3.05, 3.63) is 23.8 Å². The number of amides is 1. The Bertz CT molecular complexity index is 461. The first-order chi connectivity index (χ1) is 8.04. The van der Waals surface area contributed by atoms with Crippen molar-refractivity contribution in [1.82, 2.24) is 0 Å². The number of methoxy groups -OCH3 is 1. The van der Waals surface area contributed by atoms with Gasteiger partial charge in [0.05, 0.1) is 19.2 Å². The van der Waals surface area contributed by atoms with E-state index in [0.29, 0.717) is 5.75 Å².